The highest BCUT2D eigenvalue weighted by Crippen LogP contribution is 2.22. The maximum absolute atomic E-state index is 11.0. The van der Waals surface area contributed by atoms with Crippen molar-refractivity contribution in [2.24, 2.45) is 5.10 Å². The Morgan fingerprint density at radius 2 is 1.95 bits per heavy atom. The van der Waals surface area contributed by atoms with E-state index in [1.165, 1.54) is 11.1 Å². The molecule has 0 aliphatic heterocycles. The van der Waals surface area contributed by atoms with Crippen molar-refractivity contribution in [1.29, 1.82) is 0 Å². The zero-order chi connectivity index (χ0) is 14.7. The topological polar surface area (TPSA) is 61.7 Å². The largest absolute Gasteiger partial charge is 0.478 e. The van der Waals surface area contributed by atoms with Crippen molar-refractivity contribution >= 4 is 17.4 Å². The molecular weight excluding hydrogens is 264 g/mol. The molecule has 0 saturated heterocycles. The van der Waals surface area contributed by atoms with Gasteiger partial charge in [-0.25, -0.2) is 4.79 Å². The Kier molecular flexibility index (Phi) is 3.69. The van der Waals surface area contributed by atoms with Gasteiger partial charge >= 0.3 is 5.97 Å². The fraction of sp³-hybridized carbons (Fsp3) is 0.176. The number of hydrazone groups is 1. The number of nitrogens with zero attached hydrogens (tertiary/aromatic N) is 1. The van der Waals surface area contributed by atoms with Gasteiger partial charge in [-0.1, -0.05) is 30.3 Å². The number of aromatic carboxylic acids is 1. The molecule has 0 atom stereocenters. The summed E-state index contributed by atoms with van der Waals surface area (Å²) >= 11 is 0. The second-order valence-electron chi connectivity index (χ2n) is 5.07. The smallest absolute Gasteiger partial charge is 0.335 e. The van der Waals surface area contributed by atoms with E-state index in [2.05, 4.69) is 22.7 Å². The normalized spacial score (nSPS) is 15.5. The fourth-order valence-corrected chi connectivity index (χ4v) is 2.57. The van der Waals surface area contributed by atoms with Gasteiger partial charge < -0.3 is 5.11 Å². The Labute approximate surface area is 123 Å². The third-order valence-corrected chi connectivity index (χ3v) is 3.62. The third kappa shape index (κ3) is 2.94. The van der Waals surface area contributed by atoms with Crippen molar-refractivity contribution < 1.29 is 9.90 Å². The second-order valence-corrected chi connectivity index (χ2v) is 5.07. The first kappa shape index (κ1) is 13.4. The maximum Gasteiger partial charge on any atom is 0.335 e. The van der Waals surface area contributed by atoms with Crippen LogP contribution in [-0.2, 0) is 6.42 Å². The summed E-state index contributed by atoms with van der Waals surface area (Å²) in [7, 11) is 0. The molecule has 1 aliphatic rings. The van der Waals surface area contributed by atoms with Crippen LogP contribution in [0.15, 0.2) is 53.6 Å². The van der Waals surface area contributed by atoms with Gasteiger partial charge in [-0.15, -0.1) is 0 Å². The number of carboxylic acids is 1. The van der Waals surface area contributed by atoms with Crippen LogP contribution in [0.4, 0.5) is 5.69 Å². The van der Waals surface area contributed by atoms with Crippen LogP contribution in [-0.4, -0.2) is 16.8 Å². The second kappa shape index (κ2) is 5.79. The van der Waals surface area contributed by atoms with E-state index in [0.29, 0.717) is 5.69 Å². The van der Waals surface area contributed by atoms with Gasteiger partial charge in [-0.3, -0.25) is 5.43 Å². The summed E-state index contributed by atoms with van der Waals surface area (Å²) in [5.41, 5.74) is 7.45. The number of carbonyl (C=O) groups is 1. The molecule has 2 N–H and O–H groups in total. The molecule has 4 nitrogen and oxygen atoms in total. The van der Waals surface area contributed by atoms with E-state index in [-0.39, 0.29) is 5.56 Å². The van der Waals surface area contributed by atoms with Gasteiger partial charge in [0.25, 0.3) is 0 Å². The lowest BCUT2D eigenvalue weighted by Crippen LogP contribution is -2.13. The standard InChI is InChI=1S/C17H16N2O2/c20-17(21)13-7-3-8-14(11-13)18-19-16-10-4-6-12-5-1-2-9-15(12)16/h1-3,5,7-9,11,18H,4,6,10H2,(H,20,21)/b19-16-. The lowest BCUT2D eigenvalue weighted by molar-refractivity contribution is 0.0697. The summed E-state index contributed by atoms with van der Waals surface area (Å²) in [5, 5.41) is 13.5. The molecule has 0 heterocycles. The van der Waals surface area contributed by atoms with Gasteiger partial charge in [0, 0.05) is 5.56 Å². The number of hydrogen-bond donors (Lipinski definition) is 2. The summed E-state index contributed by atoms with van der Waals surface area (Å²) in [6.45, 7) is 0. The van der Waals surface area contributed by atoms with Crippen molar-refractivity contribution in [1.82, 2.24) is 0 Å². The zero-order valence-electron chi connectivity index (χ0n) is 11.5. The summed E-state index contributed by atoms with van der Waals surface area (Å²) in [5.74, 6) is -0.936. The van der Waals surface area contributed by atoms with Crippen LogP contribution < -0.4 is 5.43 Å². The molecule has 0 radical (unpaired) electrons. The van der Waals surface area contributed by atoms with E-state index in [1.54, 1.807) is 18.2 Å². The number of anilines is 1. The molecule has 0 unspecified atom stereocenters. The van der Waals surface area contributed by atoms with Gasteiger partial charge in [-0.05, 0) is 43.0 Å². The van der Waals surface area contributed by atoms with E-state index in [0.717, 1.165) is 25.0 Å². The molecule has 0 bridgehead atoms. The van der Waals surface area contributed by atoms with Gasteiger partial charge in [0.15, 0.2) is 0 Å². The first-order chi connectivity index (χ1) is 10.2. The number of carboxylic acid groups (broad SMARTS) is 1. The van der Waals surface area contributed by atoms with Crippen LogP contribution in [0.2, 0.25) is 0 Å². The molecule has 21 heavy (non-hydrogen) atoms. The summed E-state index contributed by atoms with van der Waals surface area (Å²) in [6, 6.07) is 15.0. The first-order valence-electron chi connectivity index (χ1n) is 6.98. The Bertz CT molecular complexity index is 707. The van der Waals surface area contributed by atoms with Crippen molar-refractivity contribution in [3.8, 4) is 0 Å². The molecule has 1 aliphatic carbocycles. The molecule has 4 heteroatoms. The van der Waals surface area contributed by atoms with Crippen molar-refractivity contribution in [2.75, 3.05) is 5.43 Å². The summed E-state index contributed by atoms with van der Waals surface area (Å²) in [4.78, 5) is 11.0. The van der Waals surface area contributed by atoms with Gasteiger partial charge in [-0.2, -0.15) is 5.10 Å². The molecule has 0 spiro atoms. The van der Waals surface area contributed by atoms with Crippen molar-refractivity contribution in [3.63, 3.8) is 0 Å². The number of hydrogen-bond acceptors (Lipinski definition) is 3. The summed E-state index contributed by atoms with van der Waals surface area (Å²) < 4.78 is 0. The van der Waals surface area contributed by atoms with Crippen molar-refractivity contribution in [2.45, 2.75) is 19.3 Å². The molecule has 3 rings (SSSR count). The minimum absolute atomic E-state index is 0.254. The summed E-state index contributed by atoms with van der Waals surface area (Å²) in [6.07, 6.45) is 3.11. The number of aryl methyl sites for hydroxylation is 1. The van der Waals surface area contributed by atoms with Crippen LogP contribution in [0.25, 0.3) is 0 Å². The van der Waals surface area contributed by atoms with Crippen LogP contribution in [0, 0.1) is 0 Å². The Hall–Kier alpha value is -2.62. The van der Waals surface area contributed by atoms with E-state index in [9.17, 15) is 4.79 Å². The number of nitrogens with one attached hydrogen (secondary N) is 1. The number of rotatable bonds is 3. The van der Waals surface area contributed by atoms with Gasteiger partial charge in [0.05, 0.1) is 17.0 Å². The Balaban J connectivity index is 1.84. The van der Waals surface area contributed by atoms with Crippen LogP contribution in [0.3, 0.4) is 0 Å². The molecule has 0 aromatic heterocycles. The predicted octanol–water partition coefficient (Wildman–Crippen LogP) is 3.54. The molecule has 0 saturated carbocycles. The number of benzene rings is 2. The van der Waals surface area contributed by atoms with Gasteiger partial charge in [0.1, 0.15) is 0 Å². The van der Waals surface area contributed by atoms with Crippen LogP contribution in [0.5, 0.6) is 0 Å². The third-order valence-electron chi connectivity index (χ3n) is 3.62. The highest BCUT2D eigenvalue weighted by molar-refractivity contribution is 6.03. The average Bonchev–Trinajstić information content (AvgIpc) is 2.53. The fourth-order valence-electron chi connectivity index (χ4n) is 2.57. The molecule has 2 aromatic carbocycles. The average molecular weight is 280 g/mol. The molecule has 106 valence electrons. The number of fused-ring (bicyclic) bond motifs is 1. The predicted molar refractivity (Wildman–Crippen MR) is 82.9 cm³/mol. The molecular formula is C17H16N2O2. The minimum Gasteiger partial charge on any atom is -0.478 e. The quantitative estimate of drug-likeness (QED) is 0.845. The lowest BCUT2D eigenvalue weighted by atomic mass is 9.90. The monoisotopic (exact) mass is 280 g/mol. The van der Waals surface area contributed by atoms with E-state index < -0.39 is 5.97 Å². The molecule has 0 amide bonds. The Morgan fingerprint density at radius 3 is 2.81 bits per heavy atom. The van der Waals surface area contributed by atoms with Gasteiger partial charge in [0.2, 0.25) is 0 Å². The maximum atomic E-state index is 11.0. The molecule has 0 fully saturated rings. The van der Waals surface area contributed by atoms with E-state index in [4.69, 9.17) is 5.11 Å². The molecule has 2 aromatic rings. The SMILES string of the molecule is O=C(O)c1cccc(N/N=C2/CCCc3ccccc32)c1. The first-order valence-corrected chi connectivity index (χ1v) is 6.98. The zero-order valence-corrected chi connectivity index (χ0v) is 11.5. The van der Waals surface area contributed by atoms with Crippen LogP contribution in [0.1, 0.15) is 34.3 Å². The van der Waals surface area contributed by atoms with E-state index >= 15 is 0 Å². The van der Waals surface area contributed by atoms with Crippen molar-refractivity contribution in [3.05, 3.63) is 65.2 Å². The highest BCUT2D eigenvalue weighted by atomic mass is 16.4. The highest BCUT2D eigenvalue weighted by Gasteiger charge is 2.14. The lowest BCUT2D eigenvalue weighted by Gasteiger charge is -2.17. The van der Waals surface area contributed by atoms with E-state index in [1.807, 2.05) is 18.2 Å². The van der Waals surface area contributed by atoms with Crippen LogP contribution >= 0.6 is 0 Å². The minimum atomic E-state index is -0.936. The Morgan fingerprint density at radius 1 is 1.10 bits per heavy atom.